The molecule has 0 aromatic heterocycles. The second-order valence-corrected chi connectivity index (χ2v) is 3.34. The molecule has 5 heteroatoms. The predicted molar refractivity (Wildman–Crippen MR) is 57.1 cm³/mol. The molecule has 0 heterocycles. The van der Waals surface area contributed by atoms with Crippen molar-refractivity contribution in [3.63, 3.8) is 0 Å². The van der Waals surface area contributed by atoms with Gasteiger partial charge >= 0.3 is 5.97 Å². The van der Waals surface area contributed by atoms with Gasteiger partial charge in [0.05, 0.1) is 6.61 Å². The molecule has 15 heavy (non-hydrogen) atoms. The Labute approximate surface area is 90.4 Å². The van der Waals surface area contributed by atoms with Gasteiger partial charge in [0, 0.05) is 13.5 Å². The second-order valence-electron chi connectivity index (χ2n) is 3.34. The van der Waals surface area contributed by atoms with Crippen LogP contribution in [0, 0.1) is 0 Å². The number of hydrogen-bond donors (Lipinski definition) is 2. The standard InChI is InChI=1S/C10H20N2O3/c1-3-15-10(14)9(11)6-4-5-7-12-8(2)13/h9H,3-7,11H2,1-2H3,(H,12,13)/t9-/m0/s1. The monoisotopic (exact) mass is 216 g/mol. The molecule has 0 aliphatic carbocycles. The highest BCUT2D eigenvalue weighted by atomic mass is 16.5. The van der Waals surface area contributed by atoms with Crippen molar-refractivity contribution in [2.45, 2.75) is 39.2 Å². The Kier molecular flexibility index (Phi) is 7.62. The van der Waals surface area contributed by atoms with Crippen LogP contribution in [0.25, 0.3) is 0 Å². The van der Waals surface area contributed by atoms with Gasteiger partial charge in [0.15, 0.2) is 0 Å². The normalized spacial score (nSPS) is 11.9. The summed E-state index contributed by atoms with van der Waals surface area (Å²) in [6.07, 6.45) is 2.23. The number of carbonyl (C=O) groups excluding carboxylic acids is 2. The zero-order valence-corrected chi connectivity index (χ0v) is 9.41. The van der Waals surface area contributed by atoms with Crippen molar-refractivity contribution in [1.82, 2.24) is 5.32 Å². The lowest BCUT2D eigenvalue weighted by atomic mass is 10.1. The zero-order valence-electron chi connectivity index (χ0n) is 9.41. The van der Waals surface area contributed by atoms with E-state index >= 15 is 0 Å². The summed E-state index contributed by atoms with van der Waals surface area (Å²) in [4.78, 5) is 21.6. The molecule has 1 atom stereocenters. The Hall–Kier alpha value is -1.10. The summed E-state index contributed by atoms with van der Waals surface area (Å²) in [7, 11) is 0. The molecule has 0 spiro atoms. The molecule has 88 valence electrons. The molecule has 0 saturated carbocycles. The topological polar surface area (TPSA) is 81.4 Å². The van der Waals surface area contributed by atoms with Gasteiger partial charge in [-0.15, -0.1) is 0 Å². The first-order valence-corrected chi connectivity index (χ1v) is 5.24. The number of unbranched alkanes of at least 4 members (excludes halogenated alkanes) is 1. The van der Waals surface area contributed by atoms with E-state index in [1.807, 2.05) is 0 Å². The summed E-state index contributed by atoms with van der Waals surface area (Å²) >= 11 is 0. The molecule has 0 fully saturated rings. The Morgan fingerprint density at radius 1 is 1.40 bits per heavy atom. The van der Waals surface area contributed by atoms with Gasteiger partial charge < -0.3 is 15.8 Å². The molecule has 0 aliphatic rings. The Morgan fingerprint density at radius 2 is 2.07 bits per heavy atom. The number of rotatable bonds is 7. The summed E-state index contributed by atoms with van der Waals surface area (Å²) in [5.74, 6) is -0.387. The smallest absolute Gasteiger partial charge is 0.322 e. The zero-order chi connectivity index (χ0) is 11.7. The fourth-order valence-corrected chi connectivity index (χ4v) is 1.12. The lowest BCUT2D eigenvalue weighted by molar-refractivity contribution is -0.144. The van der Waals surface area contributed by atoms with Crippen LogP contribution in [0.15, 0.2) is 0 Å². The third-order valence-corrected chi connectivity index (χ3v) is 1.91. The first-order chi connectivity index (χ1) is 7.07. The molecule has 1 amide bonds. The van der Waals surface area contributed by atoms with Gasteiger partial charge in [-0.2, -0.15) is 0 Å². The van der Waals surface area contributed by atoms with Crippen molar-refractivity contribution >= 4 is 11.9 Å². The Balaban J connectivity index is 3.42. The van der Waals surface area contributed by atoms with Gasteiger partial charge in [0.2, 0.25) is 5.91 Å². The van der Waals surface area contributed by atoms with E-state index in [1.165, 1.54) is 6.92 Å². The molecular formula is C10H20N2O3. The molecule has 0 bridgehead atoms. The van der Waals surface area contributed by atoms with Crippen LogP contribution in [0.5, 0.6) is 0 Å². The molecule has 0 saturated heterocycles. The van der Waals surface area contributed by atoms with E-state index in [1.54, 1.807) is 6.92 Å². The van der Waals surface area contributed by atoms with Crippen LogP contribution in [0.1, 0.15) is 33.1 Å². The van der Waals surface area contributed by atoms with Crippen molar-refractivity contribution in [3.8, 4) is 0 Å². The van der Waals surface area contributed by atoms with E-state index in [4.69, 9.17) is 10.5 Å². The van der Waals surface area contributed by atoms with E-state index in [9.17, 15) is 9.59 Å². The SMILES string of the molecule is CCOC(=O)[C@@H](N)CCCCNC(C)=O. The highest BCUT2D eigenvalue weighted by Gasteiger charge is 2.13. The fourth-order valence-electron chi connectivity index (χ4n) is 1.12. The third kappa shape index (κ3) is 7.93. The van der Waals surface area contributed by atoms with Crippen LogP contribution in [-0.2, 0) is 14.3 Å². The summed E-state index contributed by atoms with van der Waals surface area (Å²) in [5.41, 5.74) is 5.58. The highest BCUT2D eigenvalue weighted by Crippen LogP contribution is 2.00. The number of carbonyl (C=O) groups is 2. The van der Waals surface area contributed by atoms with Crippen LogP contribution >= 0.6 is 0 Å². The first-order valence-electron chi connectivity index (χ1n) is 5.24. The number of ether oxygens (including phenoxy) is 1. The van der Waals surface area contributed by atoms with Crippen molar-refractivity contribution in [2.24, 2.45) is 5.73 Å². The van der Waals surface area contributed by atoms with Crippen molar-refractivity contribution in [1.29, 1.82) is 0 Å². The third-order valence-electron chi connectivity index (χ3n) is 1.91. The van der Waals surface area contributed by atoms with Crippen LogP contribution < -0.4 is 11.1 Å². The maximum absolute atomic E-state index is 11.1. The van der Waals surface area contributed by atoms with E-state index < -0.39 is 6.04 Å². The summed E-state index contributed by atoms with van der Waals surface area (Å²) in [6, 6.07) is -0.540. The van der Waals surface area contributed by atoms with Gasteiger partial charge in [0.25, 0.3) is 0 Å². The number of hydrogen-bond acceptors (Lipinski definition) is 4. The Morgan fingerprint density at radius 3 is 2.60 bits per heavy atom. The quantitative estimate of drug-likeness (QED) is 0.470. The minimum Gasteiger partial charge on any atom is -0.465 e. The minimum absolute atomic E-state index is 0.0373. The van der Waals surface area contributed by atoms with Gasteiger partial charge in [0.1, 0.15) is 6.04 Å². The number of nitrogens with one attached hydrogen (secondary N) is 1. The lowest BCUT2D eigenvalue weighted by Gasteiger charge is -2.09. The van der Waals surface area contributed by atoms with Crippen molar-refractivity contribution in [2.75, 3.05) is 13.2 Å². The van der Waals surface area contributed by atoms with Crippen LogP contribution in [-0.4, -0.2) is 31.1 Å². The van der Waals surface area contributed by atoms with Gasteiger partial charge in [-0.3, -0.25) is 9.59 Å². The number of esters is 1. The van der Waals surface area contributed by atoms with E-state index in [0.29, 0.717) is 19.6 Å². The van der Waals surface area contributed by atoms with Gasteiger partial charge in [-0.05, 0) is 26.2 Å². The fraction of sp³-hybridized carbons (Fsp3) is 0.800. The maximum Gasteiger partial charge on any atom is 0.322 e. The van der Waals surface area contributed by atoms with Gasteiger partial charge in [-0.25, -0.2) is 0 Å². The van der Waals surface area contributed by atoms with Crippen molar-refractivity contribution < 1.29 is 14.3 Å². The number of nitrogens with two attached hydrogens (primary N) is 1. The van der Waals surface area contributed by atoms with E-state index in [2.05, 4.69) is 5.32 Å². The number of amides is 1. The molecular weight excluding hydrogens is 196 g/mol. The van der Waals surface area contributed by atoms with Crippen LogP contribution in [0.3, 0.4) is 0 Å². The Bertz CT molecular complexity index is 207. The maximum atomic E-state index is 11.1. The largest absolute Gasteiger partial charge is 0.465 e. The van der Waals surface area contributed by atoms with Crippen molar-refractivity contribution in [3.05, 3.63) is 0 Å². The van der Waals surface area contributed by atoms with E-state index in [-0.39, 0.29) is 11.9 Å². The summed E-state index contributed by atoms with van der Waals surface area (Å²) in [5, 5.41) is 2.68. The lowest BCUT2D eigenvalue weighted by Crippen LogP contribution is -2.32. The molecule has 0 rings (SSSR count). The average Bonchev–Trinajstić information content (AvgIpc) is 2.16. The van der Waals surface area contributed by atoms with Crippen LogP contribution in [0.4, 0.5) is 0 Å². The summed E-state index contributed by atoms with van der Waals surface area (Å²) in [6.45, 7) is 4.22. The molecule has 0 aromatic rings. The molecule has 0 radical (unpaired) electrons. The van der Waals surface area contributed by atoms with E-state index in [0.717, 1.165) is 12.8 Å². The van der Waals surface area contributed by atoms with Crippen LogP contribution in [0.2, 0.25) is 0 Å². The molecule has 0 aromatic carbocycles. The molecule has 3 N–H and O–H groups in total. The molecule has 0 unspecified atom stereocenters. The second kappa shape index (κ2) is 8.23. The van der Waals surface area contributed by atoms with Gasteiger partial charge in [-0.1, -0.05) is 0 Å². The summed E-state index contributed by atoms with van der Waals surface area (Å²) < 4.78 is 4.77. The predicted octanol–water partition coefficient (Wildman–Crippen LogP) is 0.183. The first kappa shape index (κ1) is 13.9. The minimum atomic E-state index is -0.540. The molecule has 0 aliphatic heterocycles. The molecule has 5 nitrogen and oxygen atoms in total. The highest BCUT2D eigenvalue weighted by molar-refractivity contribution is 5.75. The average molecular weight is 216 g/mol.